The number of hydrogen-bond donors (Lipinski definition) is 2. The molecule has 0 aliphatic carbocycles. The molecule has 0 spiro atoms. The third-order valence-electron chi connectivity index (χ3n) is 2.59. The first-order valence-corrected chi connectivity index (χ1v) is 5.49. The number of halogens is 2. The molecule has 0 atom stereocenters. The molecule has 2 aromatic rings. The second-order valence-electron chi connectivity index (χ2n) is 3.69. The summed E-state index contributed by atoms with van der Waals surface area (Å²) in [5.74, 6) is 5.47. The number of hydrogen-bond acceptors (Lipinski definition) is 4. The van der Waals surface area contributed by atoms with Gasteiger partial charge in [0.05, 0.1) is 5.69 Å². The molecule has 0 amide bonds. The number of hydrazine groups is 1. The van der Waals surface area contributed by atoms with E-state index in [4.69, 9.17) is 5.84 Å². The third-order valence-corrected chi connectivity index (χ3v) is 2.59. The number of para-hydroxylation sites is 1. The number of rotatable bonds is 4. The zero-order valence-electron chi connectivity index (χ0n) is 9.78. The monoisotopic (exact) mass is 253 g/mol. The van der Waals surface area contributed by atoms with Gasteiger partial charge in [-0.1, -0.05) is 19.1 Å². The quantitative estimate of drug-likeness (QED) is 0.649. The Morgan fingerprint density at radius 3 is 2.83 bits per heavy atom. The minimum Gasteiger partial charge on any atom is -0.432 e. The second kappa shape index (κ2) is 5.14. The van der Waals surface area contributed by atoms with E-state index in [1.807, 2.05) is 6.92 Å². The van der Waals surface area contributed by atoms with Crippen LogP contribution in [0.4, 0.5) is 14.5 Å². The number of nitrogens with two attached hydrogens (primary N) is 1. The SMILES string of the molecule is CCc1cc(NN)c2cccc(OC(F)F)c2n1. The van der Waals surface area contributed by atoms with Gasteiger partial charge in [0.2, 0.25) is 0 Å². The largest absolute Gasteiger partial charge is 0.432 e. The van der Waals surface area contributed by atoms with Crippen LogP contribution < -0.4 is 16.0 Å². The van der Waals surface area contributed by atoms with Crippen LogP contribution in [0.15, 0.2) is 24.3 Å². The molecule has 0 aliphatic rings. The van der Waals surface area contributed by atoms with Crippen molar-refractivity contribution < 1.29 is 13.5 Å². The molecule has 6 heteroatoms. The molecular weight excluding hydrogens is 240 g/mol. The molecule has 4 nitrogen and oxygen atoms in total. The lowest BCUT2D eigenvalue weighted by molar-refractivity contribution is -0.0489. The summed E-state index contributed by atoms with van der Waals surface area (Å²) in [7, 11) is 0. The van der Waals surface area contributed by atoms with Crippen molar-refractivity contribution in [1.82, 2.24) is 4.98 Å². The molecule has 0 saturated heterocycles. The lowest BCUT2D eigenvalue weighted by atomic mass is 10.1. The number of aryl methyl sites for hydroxylation is 1. The minimum absolute atomic E-state index is 0.0503. The van der Waals surface area contributed by atoms with Gasteiger partial charge in [-0.3, -0.25) is 5.84 Å². The summed E-state index contributed by atoms with van der Waals surface area (Å²) in [6, 6.07) is 6.61. The summed E-state index contributed by atoms with van der Waals surface area (Å²) in [5.41, 5.74) is 4.31. The maximum absolute atomic E-state index is 12.3. The average molecular weight is 253 g/mol. The topological polar surface area (TPSA) is 60.2 Å². The number of anilines is 1. The summed E-state index contributed by atoms with van der Waals surface area (Å²) in [6.45, 7) is -0.956. The predicted octanol–water partition coefficient (Wildman–Crippen LogP) is 2.68. The summed E-state index contributed by atoms with van der Waals surface area (Å²) in [4.78, 5) is 4.30. The van der Waals surface area contributed by atoms with Crippen LogP contribution >= 0.6 is 0 Å². The minimum atomic E-state index is -2.88. The van der Waals surface area contributed by atoms with Crippen molar-refractivity contribution in [1.29, 1.82) is 0 Å². The van der Waals surface area contributed by atoms with Gasteiger partial charge in [0, 0.05) is 11.1 Å². The molecule has 0 saturated carbocycles. The van der Waals surface area contributed by atoms with Gasteiger partial charge in [0.1, 0.15) is 5.52 Å². The van der Waals surface area contributed by atoms with Gasteiger partial charge < -0.3 is 10.2 Å². The van der Waals surface area contributed by atoms with Crippen molar-refractivity contribution in [3.63, 3.8) is 0 Å². The van der Waals surface area contributed by atoms with E-state index < -0.39 is 6.61 Å². The van der Waals surface area contributed by atoms with Gasteiger partial charge in [-0.25, -0.2) is 4.98 Å². The van der Waals surface area contributed by atoms with E-state index in [0.717, 1.165) is 5.69 Å². The molecule has 0 bridgehead atoms. The number of fused-ring (bicyclic) bond motifs is 1. The van der Waals surface area contributed by atoms with Crippen LogP contribution in [0.1, 0.15) is 12.6 Å². The fourth-order valence-corrected chi connectivity index (χ4v) is 1.77. The summed E-state index contributed by atoms with van der Waals surface area (Å²) < 4.78 is 29.1. The van der Waals surface area contributed by atoms with E-state index in [1.54, 1.807) is 18.2 Å². The number of pyridine rings is 1. The van der Waals surface area contributed by atoms with E-state index >= 15 is 0 Å². The number of aromatic nitrogens is 1. The molecule has 18 heavy (non-hydrogen) atoms. The first-order valence-electron chi connectivity index (χ1n) is 5.49. The maximum Gasteiger partial charge on any atom is 0.387 e. The van der Waals surface area contributed by atoms with Gasteiger partial charge in [-0.05, 0) is 18.6 Å². The lowest BCUT2D eigenvalue weighted by Crippen LogP contribution is -2.09. The molecule has 96 valence electrons. The van der Waals surface area contributed by atoms with Crippen molar-refractivity contribution in [2.24, 2.45) is 5.84 Å². The molecule has 0 radical (unpaired) electrons. The van der Waals surface area contributed by atoms with Crippen molar-refractivity contribution in [3.05, 3.63) is 30.0 Å². The van der Waals surface area contributed by atoms with Crippen LogP contribution in [0.3, 0.4) is 0 Å². The number of benzene rings is 1. The van der Waals surface area contributed by atoms with Crippen LogP contribution in [0.25, 0.3) is 10.9 Å². The standard InChI is InChI=1S/C12H13F2N3O/c1-2-7-6-9(17-15)8-4-3-5-10(11(8)16-7)18-12(13)14/h3-6,12H,2,15H2,1H3,(H,16,17). The highest BCUT2D eigenvalue weighted by atomic mass is 19.3. The van der Waals surface area contributed by atoms with Crippen LogP contribution in [0.2, 0.25) is 0 Å². The second-order valence-corrected chi connectivity index (χ2v) is 3.69. The Balaban J connectivity index is 2.66. The number of nitrogens with one attached hydrogen (secondary N) is 1. The fourth-order valence-electron chi connectivity index (χ4n) is 1.77. The predicted molar refractivity (Wildman–Crippen MR) is 65.6 cm³/mol. The molecular formula is C12H13F2N3O. The molecule has 2 rings (SSSR count). The van der Waals surface area contributed by atoms with Crippen molar-refractivity contribution in [3.8, 4) is 5.75 Å². The Labute approximate surface area is 103 Å². The molecule has 0 aliphatic heterocycles. The molecule has 3 N–H and O–H groups in total. The molecule has 1 aromatic carbocycles. The van der Waals surface area contributed by atoms with Gasteiger partial charge >= 0.3 is 6.61 Å². The summed E-state index contributed by atoms with van der Waals surface area (Å²) >= 11 is 0. The van der Waals surface area contributed by atoms with E-state index in [2.05, 4.69) is 15.1 Å². The zero-order chi connectivity index (χ0) is 13.1. The number of alkyl halides is 2. The molecule has 0 fully saturated rings. The van der Waals surface area contributed by atoms with Crippen molar-refractivity contribution in [2.45, 2.75) is 20.0 Å². The molecule has 0 unspecified atom stereocenters. The van der Waals surface area contributed by atoms with E-state index in [-0.39, 0.29) is 5.75 Å². The number of nitrogen functional groups attached to an aromatic ring is 1. The number of nitrogens with zero attached hydrogens (tertiary/aromatic N) is 1. The average Bonchev–Trinajstić information content (AvgIpc) is 2.37. The van der Waals surface area contributed by atoms with Crippen LogP contribution in [-0.4, -0.2) is 11.6 Å². The van der Waals surface area contributed by atoms with Gasteiger partial charge in [0.25, 0.3) is 0 Å². The Hall–Kier alpha value is -1.95. The zero-order valence-corrected chi connectivity index (χ0v) is 9.78. The van der Waals surface area contributed by atoms with Crippen LogP contribution in [0, 0.1) is 0 Å². The Bertz CT molecular complexity index is 560. The summed E-state index contributed by atoms with van der Waals surface area (Å²) in [5, 5.41) is 0.646. The van der Waals surface area contributed by atoms with Crippen LogP contribution in [0.5, 0.6) is 5.75 Å². The normalized spacial score (nSPS) is 10.9. The van der Waals surface area contributed by atoms with Gasteiger partial charge in [-0.15, -0.1) is 0 Å². The van der Waals surface area contributed by atoms with Crippen molar-refractivity contribution in [2.75, 3.05) is 5.43 Å². The van der Waals surface area contributed by atoms with E-state index in [1.165, 1.54) is 6.07 Å². The highest BCUT2D eigenvalue weighted by Crippen LogP contribution is 2.30. The van der Waals surface area contributed by atoms with Crippen LogP contribution in [-0.2, 0) is 6.42 Å². The maximum atomic E-state index is 12.3. The Morgan fingerprint density at radius 1 is 1.44 bits per heavy atom. The highest BCUT2D eigenvalue weighted by Gasteiger charge is 2.12. The number of ether oxygens (including phenoxy) is 1. The van der Waals surface area contributed by atoms with Gasteiger partial charge in [-0.2, -0.15) is 8.78 Å². The lowest BCUT2D eigenvalue weighted by Gasteiger charge is -2.11. The molecule has 1 aromatic heterocycles. The Morgan fingerprint density at radius 2 is 2.22 bits per heavy atom. The van der Waals surface area contributed by atoms with E-state index in [9.17, 15) is 8.78 Å². The first kappa shape index (κ1) is 12.5. The van der Waals surface area contributed by atoms with Crippen molar-refractivity contribution >= 4 is 16.6 Å². The fraction of sp³-hybridized carbons (Fsp3) is 0.250. The summed E-state index contributed by atoms with van der Waals surface area (Å²) in [6.07, 6.45) is 0.674. The van der Waals surface area contributed by atoms with E-state index in [0.29, 0.717) is 23.0 Å². The Kier molecular flexibility index (Phi) is 3.57. The highest BCUT2D eigenvalue weighted by molar-refractivity contribution is 5.94. The first-order chi connectivity index (χ1) is 8.65. The van der Waals surface area contributed by atoms with Gasteiger partial charge in [0.15, 0.2) is 5.75 Å². The smallest absolute Gasteiger partial charge is 0.387 e. The third kappa shape index (κ3) is 2.33. The molecule has 1 heterocycles.